The van der Waals surface area contributed by atoms with E-state index in [0.717, 1.165) is 6.07 Å². The van der Waals surface area contributed by atoms with Crippen LogP contribution in [0.15, 0.2) is 35.7 Å². The molecule has 1 aliphatic rings. The molecule has 0 saturated carbocycles. The van der Waals surface area contributed by atoms with Crippen LogP contribution >= 0.6 is 0 Å². The second kappa shape index (κ2) is 6.81. The summed E-state index contributed by atoms with van der Waals surface area (Å²) < 4.78 is 37.3. The number of likely N-dealkylation sites (N-methyl/N-ethyl adjacent to an activating group) is 1. The molecule has 1 aromatic rings. The predicted molar refractivity (Wildman–Crippen MR) is 82.2 cm³/mol. The number of ether oxygens (including phenoxy) is 2. The molecule has 0 amide bonds. The fraction of sp³-hybridized carbons (Fsp3) is 0.353. The SMILES string of the molecule is CCOC(=O)C1C(OC)=CC(c2cc(F)cc(F)c2)=C(C)N1C. The molecule has 0 radical (unpaired) electrons. The number of hydrogen-bond donors (Lipinski definition) is 0. The maximum atomic E-state index is 13.5. The molecule has 0 aliphatic carbocycles. The third-order valence-corrected chi connectivity index (χ3v) is 3.78. The van der Waals surface area contributed by atoms with E-state index in [9.17, 15) is 13.6 Å². The lowest BCUT2D eigenvalue weighted by molar-refractivity contribution is -0.148. The van der Waals surface area contributed by atoms with Crippen LogP contribution in [0, 0.1) is 11.6 Å². The van der Waals surface area contributed by atoms with Crippen molar-refractivity contribution in [3.8, 4) is 0 Å². The van der Waals surface area contributed by atoms with Gasteiger partial charge in [-0.25, -0.2) is 13.6 Å². The molecule has 4 nitrogen and oxygen atoms in total. The molecule has 0 saturated heterocycles. The summed E-state index contributed by atoms with van der Waals surface area (Å²) in [5.74, 6) is -1.41. The largest absolute Gasteiger partial charge is 0.498 e. The molecular weight excluding hydrogens is 304 g/mol. The fourth-order valence-corrected chi connectivity index (χ4v) is 2.57. The van der Waals surface area contributed by atoms with Gasteiger partial charge < -0.3 is 14.4 Å². The Morgan fingerprint density at radius 1 is 1.26 bits per heavy atom. The number of allylic oxidation sites excluding steroid dienone is 3. The third kappa shape index (κ3) is 3.36. The molecule has 1 aliphatic heterocycles. The molecule has 0 N–H and O–H groups in total. The summed E-state index contributed by atoms with van der Waals surface area (Å²) in [5, 5.41) is 0. The van der Waals surface area contributed by atoms with Gasteiger partial charge in [0.2, 0.25) is 0 Å². The molecular formula is C17H19F2NO3. The topological polar surface area (TPSA) is 38.8 Å². The minimum absolute atomic E-state index is 0.255. The van der Waals surface area contributed by atoms with Gasteiger partial charge in [0.05, 0.1) is 13.7 Å². The number of carbonyl (C=O) groups is 1. The molecule has 124 valence electrons. The van der Waals surface area contributed by atoms with Gasteiger partial charge in [-0.1, -0.05) is 0 Å². The molecule has 0 bridgehead atoms. The molecule has 6 heteroatoms. The summed E-state index contributed by atoms with van der Waals surface area (Å²) in [6, 6.07) is 2.57. The maximum absolute atomic E-state index is 13.5. The zero-order valence-electron chi connectivity index (χ0n) is 13.5. The van der Waals surface area contributed by atoms with Gasteiger partial charge in [-0.05, 0) is 37.6 Å². The van der Waals surface area contributed by atoms with E-state index in [1.54, 1.807) is 31.9 Å². The average molecular weight is 323 g/mol. The number of benzene rings is 1. The summed E-state index contributed by atoms with van der Waals surface area (Å²) in [7, 11) is 3.15. The van der Waals surface area contributed by atoms with Crippen molar-refractivity contribution >= 4 is 11.5 Å². The van der Waals surface area contributed by atoms with Gasteiger partial charge >= 0.3 is 5.97 Å². The van der Waals surface area contributed by atoms with E-state index in [2.05, 4.69) is 0 Å². The summed E-state index contributed by atoms with van der Waals surface area (Å²) in [6.45, 7) is 3.75. The number of halogens is 2. The van der Waals surface area contributed by atoms with Crippen LogP contribution in [0.5, 0.6) is 0 Å². The lowest BCUT2D eigenvalue weighted by atomic mass is 9.96. The first-order valence-electron chi connectivity index (χ1n) is 7.21. The Balaban J connectivity index is 2.50. The van der Waals surface area contributed by atoms with E-state index < -0.39 is 23.6 Å². The van der Waals surface area contributed by atoms with E-state index >= 15 is 0 Å². The van der Waals surface area contributed by atoms with E-state index in [0.29, 0.717) is 22.6 Å². The lowest BCUT2D eigenvalue weighted by Gasteiger charge is -2.34. The number of methoxy groups -OCH3 is 1. The first-order valence-corrected chi connectivity index (χ1v) is 7.21. The second-order valence-electron chi connectivity index (χ2n) is 5.17. The van der Waals surface area contributed by atoms with Crippen LogP contribution in [0.1, 0.15) is 19.4 Å². The van der Waals surface area contributed by atoms with Crippen molar-refractivity contribution in [3.05, 3.63) is 52.9 Å². The molecule has 23 heavy (non-hydrogen) atoms. The second-order valence-corrected chi connectivity index (χ2v) is 5.17. The van der Waals surface area contributed by atoms with Crippen LogP contribution in [0.4, 0.5) is 8.78 Å². The van der Waals surface area contributed by atoms with Crippen LogP contribution in [-0.2, 0) is 14.3 Å². The van der Waals surface area contributed by atoms with Crippen molar-refractivity contribution in [2.24, 2.45) is 0 Å². The van der Waals surface area contributed by atoms with Gasteiger partial charge in [-0.2, -0.15) is 0 Å². The minimum atomic E-state index is -0.720. The van der Waals surface area contributed by atoms with Crippen LogP contribution in [0.25, 0.3) is 5.57 Å². The molecule has 0 spiro atoms. The number of rotatable bonds is 4. The molecule has 2 rings (SSSR count). The van der Waals surface area contributed by atoms with Crippen LogP contribution in [0.2, 0.25) is 0 Å². The van der Waals surface area contributed by atoms with Crippen LogP contribution in [-0.4, -0.2) is 37.7 Å². The highest BCUT2D eigenvalue weighted by Crippen LogP contribution is 2.32. The van der Waals surface area contributed by atoms with Gasteiger partial charge in [0, 0.05) is 24.4 Å². The Bertz CT molecular complexity index is 662. The minimum Gasteiger partial charge on any atom is -0.498 e. The number of nitrogens with zero attached hydrogens (tertiary/aromatic N) is 1. The Hall–Kier alpha value is -2.37. The van der Waals surface area contributed by atoms with Gasteiger partial charge in [0.15, 0.2) is 6.04 Å². The van der Waals surface area contributed by atoms with E-state index in [1.807, 2.05) is 0 Å². The average Bonchev–Trinajstić information content (AvgIpc) is 2.48. The monoisotopic (exact) mass is 323 g/mol. The molecule has 1 heterocycles. The summed E-state index contributed by atoms with van der Waals surface area (Å²) in [5.41, 5.74) is 1.65. The highest BCUT2D eigenvalue weighted by Gasteiger charge is 2.34. The Kier molecular flexibility index (Phi) is 5.03. The Morgan fingerprint density at radius 3 is 2.39 bits per heavy atom. The van der Waals surface area contributed by atoms with Crippen molar-refractivity contribution in [2.45, 2.75) is 19.9 Å². The first kappa shape index (κ1) is 17.0. The fourth-order valence-electron chi connectivity index (χ4n) is 2.57. The van der Waals surface area contributed by atoms with Gasteiger partial charge in [0.25, 0.3) is 0 Å². The quantitative estimate of drug-likeness (QED) is 0.798. The van der Waals surface area contributed by atoms with E-state index in [1.165, 1.54) is 19.2 Å². The molecule has 1 aromatic carbocycles. The zero-order valence-corrected chi connectivity index (χ0v) is 13.5. The smallest absolute Gasteiger partial charge is 0.336 e. The molecule has 0 fully saturated rings. The number of hydrogen-bond acceptors (Lipinski definition) is 4. The van der Waals surface area contributed by atoms with E-state index in [4.69, 9.17) is 9.47 Å². The number of carbonyl (C=O) groups excluding carboxylic acids is 1. The molecule has 1 unspecified atom stereocenters. The van der Waals surface area contributed by atoms with Crippen LogP contribution < -0.4 is 0 Å². The summed E-state index contributed by atoms with van der Waals surface area (Å²) in [4.78, 5) is 13.8. The molecule has 0 aromatic heterocycles. The third-order valence-electron chi connectivity index (χ3n) is 3.78. The van der Waals surface area contributed by atoms with E-state index in [-0.39, 0.29) is 6.61 Å². The first-order chi connectivity index (χ1) is 10.9. The molecule has 1 atom stereocenters. The standard InChI is InChI=1S/C17H19F2NO3/c1-5-23-17(21)16-15(22-4)9-14(10(2)20(16)3)11-6-12(18)8-13(19)7-11/h6-9,16H,5H2,1-4H3. The highest BCUT2D eigenvalue weighted by molar-refractivity contribution is 5.85. The van der Waals surface area contributed by atoms with Crippen molar-refractivity contribution in [2.75, 3.05) is 20.8 Å². The summed E-state index contributed by atoms with van der Waals surface area (Å²) in [6.07, 6.45) is 1.62. The zero-order chi connectivity index (χ0) is 17.1. The lowest BCUT2D eigenvalue weighted by Crippen LogP contribution is -2.42. The Morgan fingerprint density at radius 2 is 1.87 bits per heavy atom. The van der Waals surface area contributed by atoms with Gasteiger partial charge in [-0.3, -0.25) is 0 Å². The van der Waals surface area contributed by atoms with Crippen molar-refractivity contribution in [1.29, 1.82) is 0 Å². The predicted octanol–water partition coefficient (Wildman–Crippen LogP) is 3.10. The van der Waals surface area contributed by atoms with Gasteiger partial charge in [-0.15, -0.1) is 0 Å². The van der Waals surface area contributed by atoms with Crippen LogP contribution in [0.3, 0.4) is 0 Å². The highest BCUT2D eigenvalue weighted by atomic mass is 19.1. The van der Waals surface area contributed by atoms with Crippen molar-refractivity contribution in [3.63, 3.8) is 0 Å². The normalized spacial score (nSPS) is 17.9. The van der Waals surface area contributed by atoms with Crippen molar-refractivity contribution in [1.82, 2.24) is 4.90 Å². The van der Waals surface area contributed by atoms with Gasteiger partial charge in [0.1, 0.15) is 17.4 Å². The van der Waals surface area contributed by atoms with Crippen molar-refractivity contribution < 1.29 is 23.0 Å². The summed E-state index contributed by atoms with van der Waals surface area (Å²) >= 11 is 0. The Labute approximate surface area is 134 Å². The number of esters is 1. The maximum Gasteiger partial charge on any atom is 0.336 e.